The summed E-state index contributed by atoms with van der Waals surface area (Å²) >= 11 is 0. The fourth-order valence-electron chi connectivity index (χ4n) is 2.11. The largest absolute Gasteiger partial charge is 0.462 e. The van der Waals surface area contributed by atoms with Crippen LogP contribution in [0.15, 0.2) is 18.2 Å². The highest BCUT2D eigenvalue weighted by Crippen LogP contribution is 2.28. The molecule has 0 saturated carbocycles. The molecule has 1 aromatic carbocycles. The van der Waals surface area contributed by atoms with Gasteiger partial charge in [0.05, 0.1) is 18.2 Å². The van der Waals surface area contributed by atoms with Crippen molar-refractivity contribution in [2.24, 2.45) is 5.73 Å². The standard InChI is InChI=1S/C13H16N2O3.2ClH/c1-2-18-13(17)8-3-4-9-10(7-8)12(16)15-11(9)5-6-14;;/h3-4,7,11H,2,5-6,14H2,1H3,(H,15,16);2*1H. The molecule has 0 saturated heterocycles. The van der Waals surface area contributed by atoms with Crippen molar-refractivity contribution < 1.29 is 14.3 Å². The molecular formula is C13H18Cl2N2O3. The molecule has 112 valence electrons. The molecule has 7 heteroatoms. The van der Waals surface area contributed by atoms with E-state index >= 15 is 0 Å². The van der Waals surface area contributed by atoms with E-state index in [0.717, 1.165) is 5.56 Å². The fourth-order valence-corrected chi connectivity index (χ4v) is 2.11. The van der Waals surface area contributed by atoms with E-state index in [2.05, 4.69) is 5.32 Å². The van der Waals surface area contributed by atoms with Crippen molar-refractivity contribution in [2.45, 2.75) is 19.4 Å². The van der Waals surface area contributed by atoms with E-state index in [9.17, 15) is 9.59 Å². The molecule has 2 rings (SSSR count). The summed E-state index contributed by atoms with van der Waals surface area (Å²) in [5, 5.41) is 2.85. The van der Waals surface area contributed by atoms with Crippen molar-refractivity contribution in [3.8, 4) is 0 Å². The topological polar surface area (TPSA) is 81.4 Å². The number of esters is 1. The van der Waals surface area contributed by atoms with Crippen LogP contribution in [0.4, 0.5) is 0 Å². The molecule has 0 fully saturated rings. The molecule has 3 N–H and O–H groups in total. The molecule has 0 radical (unpaired) electrons. The maximum Gasteiger partial charge on any atom is 0.338 e. The van der Waals surface area contributed by atoms with Gasteiger partial charge in [-0.05, 0) is 37.6 Å². The van der Waals surface area contributed by atoms with Crippen LogP contribution in [0.2, 0.25) is 0 Å². The molecule has 1 heterocycles. The normalized spacial score (nSPS) is 15.5. The summed E-state index contributed by atoms with van der Waals surface area (Å²) in [5.74, 6) is -0.565. The summed E-state index contributed by atoms with van der Waals surface area (Å²) in [6, 6.07) is 5.01. The van der Waals surface area contributed by atoms with Gasteiger partial charge in [-0.25, -0.2) is 4.79 Å². The van der Waals surface area contributed by atoms with Crippen molar-refractivity contribution >= 4 is 36.7 Å². The lowest BCUT2D eigenvalue weighted by Gasteiger charge is -2.09. The van der Waals surface area contributed by atoms with Gasteiger partial charge in [0.2, 0.25) is 0 Å². The average molecular weight is 321 g/mol. The van der Waals surface area contributed by atoms with Crippen LogP contribution in [0.25, 0.3) is 0 Å². The zero-order chi connectivity index (χ0) is 13.1. The first-order valence-electron chi connectivity index (χ1n) is 5.99. The number of amides is 1. The third-order valence-electron chi connectivity index (χ3n) is 2.95. The summed E-state index contributed by atoms with van der Waals surface area (Å²) in [6.45, 7) is 2.57. The van der Waals surface area contributed by atoms with Crippen molar-refractivity contribution in [3.05, 3.63) is 34.9 Å². The van der Waals surface area contributed by atoms with Crippen molar-refractivity contribution in [2.75, 3.05) is 13.2 Å². The summed E-state index contributed by atoms with van der Waals surface area (Å²) in [6.07, 6.45) is 0.692. The molecule has 0 aliphatic carbocycles. The van der Waals surface area contributed by atoms with Crippen LogP contribution >= 0.6 is 24.8 Å². The lowest BCUT2D eigenvalue weighted by atomic mass is 10.00. The van der Waals surface area contributed by atoms with Crippen LogP contribution in [0.5, 0.6) is 0 Å². The number of halogens is 2. The SMILES string of the molecule is CCOC(=O)c1ccc2c(c1)C(=O)NC2CCN.Cl.Cl. The molecular weight excluding hydrogens is 303 g/mol. The zero-order valence-corrected chi connectivity index (χ0v) is 12.7. The Hall–Kier alpha value is -1.30. The number of hydrogen-bond acceptors (Lipinski definition) is 4. The van der Waals surface area contributed by atoms with Gasteiger partial charge in [-0.1, -0.05) is 6.07 Å². The van der Waals surface area contributed by atoms with Gasteiger partial charge in [-0.15, -0.1) is 24.8 Å². The van der Waals surface area contributed by atoms with Crippen LogP contribution < -0.4 is 11.1 Å². The predicted octanol–water partition coefficient (Wildman–Crippen LogP) is 1.84. The highest BCUT2D eigenvalue weighted by atomic mass is 35.5. The van der Waals surface area contributed by atoms with Gasteiger partial charge in [-0.2, -0.15) is 0 Å². The number of nitrogens with one attached hydrogen (secondary N) is 1. The van der Waals surface area contributed by atoms with Crippen LogP contribution in [0.3, 0.4) is 0 Å². The zero-order valence-electron chi connectivity index (χ0n) is 11.0. The maximum atomic E-state index is 11.8. The van der Waals surface area contributed by atoms with Crippen LogP contribution in [0, 0.1) is 0 Å². The summed E-state index contributed by atoms with van der Waals surface area (Å²) in [7, 11) is 0. The van der Waals surface area contributed by atoms with E-state index < -0.39 is 5.97 Å². The second-order valence-electron chi connectivity index (χ2n) is 4.13. The quantitative estimate of drug-likeness (QED) is 0.829. The molecule has 1 amide bonds. The van der Waals surface area contributed by atoms with Gasteiger partial charge in [0.15, 0.2) is 0 Å². The molecule has 1 aliphatic heterocycles. The molecule has 0 spiro atoms. The van der Waals surface area contributed by atoms with Crippen molar-refractivity contribution in [1.29, 1.82) is 0 Å². The number of fused-ring (bicyclic) bond motifs is 1. The smallest absolute Gasteiger partial charge is 0.338 e. The Balaban J connectivity index is 0.00000180. The number of ether oxygens (including phenoxy) is 1. The van der Waals surface area contributed by atoms with Crippen LogP contribution in [-0.2, 0) is 4.74 Å². The van der Waals surface area contributed by atoms with Gasteiger partial charge in [0.25, 0.3) is 5.91 Å². The lowest BCUT2D eigenvalue weighted by molar-refractivity contribution is 0.0526. The van der Waals surface area contributed by atoms with Gasteiger partial charge in [0, 0.05) is 5.56 Å². The third kappa shape index (κ3) is 3.62. The fraction of sp³-hybridized carbons (Fsp3) is 0.385. The molecule has 0 aromatic heterocycles. The molecule has 1 aliphatic rings. The number of nitrogens with two attached hydrogens (primary N) is 1. The Morgan fingerprint density at radius 3 is 2.70 bits per heavy atom. The Bertz CT molecular complexity index is 495. The average Bonchev–Trinajstić information content (AvgIpc) is 2.67. The van der Waals surface area contributed by atoms with E-state index in [0.29, 0.717) is 30.7 Å². The number of benzene rings is 1. The summed E-state index contributed by atoms with van der Waals surface area (Å²) in [5.41, 5.74) is 7.35. The Morgan fingerprint density at radius 2 is 2.10 bits per heavy atom. The first-order chi connectivity index (χ1) is 8.67. The van der Waals surface area contributed by atoms with Gasteiger partial charge in [-0.3, -0.25) is 4.79 Å². The molecule has 1 atom stereocenters. The van der Waals surface area contributed by atoms with Crippen LogP contribution in [0.1, 0.15) is 45.7 Å². The van der Waals surface area contributed by atoms with Crippen molar-refractivity contribution in [3.63, 3.8) is 0 Å². The minimum absolute atomic E-state index is 0. The van der Waals surface area contributed by atoms with Crippen molar-refractivity contribution in [1.82, 2.24) is 5.32 Å². The van der Waals surface area contributed by atoms with Crippen LogP contribution in [-0.4, -0.2) is 25.0 Å². The number of carbonyl (C=O) groups is 2. The summed E-state index contributed by atoms with van der Waals surface area (Å²) in [4.78, 5) is 23.4. The van der Waals surface area contributed by atoms with Gasteiger partial charge in [0.1, 0.15) is 0 Å². The molecule has 1 unspecified atom stereocenters. The Morgan fingerprint density at radius 1 is 1.40 bits per heavy atom. The molecule has 1 aromatic rings. The highest BCUT2D eigenvalue weighted by Gasteiger charge is 2.28. The Labute approximate surface area is 130 Å². The highest BCUT2D eigenvalue weighted by molar-refractivity contribution is 6.01. The van der Waals surface area contributed by atoms with Gasteiger partial charge < -0.3 is 15.8 Å². The Kier molecular flexibility index (Phi) is 7.57. The molecule has 20 heavy (non-hydrogen) atoms. The predicted molar refractivity (Wildman–Crippen MR) is 80.8 cm³/mol. The number of carbonyl (C=O) groups excluding carboxylic acids is 2. The van der Waals surface area contributed by atoms with E-state index in [1.807, 2.05) is 0 Å². The van der Waals surface area contributed by atoms with Gasteiger partial charge >= 0.3 is 5.97 Å². The van der Waals surface area contributed by atoms with E-state index in [1.54, 1.807) is 25.1 Å². The second-order valence-corrected chi connectivity index (χ2v) is 4.13. The second kappa shape index (κ2) is 8.09. The number of hydrogen-bond donors (Lipinski definition) is 2. The minimum Gasteiger partial charge on any atom is -0.462 e. The first kappa shape index (κ1) is 18.7. The number of rotatable bonds is 4. The molecule has 0 bridgehead atoms. The third-order valence-corrected chi connectivity index (χ3v) is 2.95. The minimum atomic E-state index is -0.407. The maximum absolute atomic E-state index is 11.8. The summed E-state index contributed by atoms with van der Waals surface area (Å²) < 4.78 is 4.91. The van der Waals surface area contributed by atoms with E-state index in [1.165, 1.54) is 0 Å². The monoisotopic (exact) mass is 320 g/mol. The molecule has 5 nitrogen and oxygen atoms in total. The van der Waals surface area contributed by atoms with E-state index in [4.69, 9.17) is 10.5 Å². The first-order valence-corrected chi connectivity index (χ1v) is 5.99. The lowest BCUT2D eigenvalue weighted by Crippen LogP contribution is -2.21. The van der Waals surface area contributed by atoms with E-state index in [-0.39, 0.29) is 36.8 Å².